The maximum Gasteiger partial charge on any atom is 0.237 e. The Morgan fingerprint density at radius 2 is 1.04 bits per heavy atom. The molecule has 0 radical (unpaired) electrons. The van der Waals surface area contributed by atoms with Crippen molar-refractivity contribution in [2.75, 3.05) is 19.9 Å². The highest BCUT2D eigenvalue weighted by Gasteiger charge is 2.19. The van der Waals surface area contributed by atoms with Crippen LogP contribution in [0, 0.1) is 0 Å². The summed E-state index contributed by atoms with van der Waals surface area (Å²) in [7, 11) is -10.6. The highest BCUT2D eigenvalue weighted by atomic mass is 35.5. The molecule has 0 aliphatic heterocycles. The molecule has 0 atom stereocenters. The van der Waals surface area contributed by atoms with Gasteiger partial charge in [0, 0.05) is 10.0 Å². The average Bonchev–Trinajstić information content (AvgIpc) is 3.09. The van der Waals surface area contributed by atoms with Gasteiger partial charge in [-0.2, -0.15) is 0 Å². The molecule has 4 rings (SSSR count). The standard InChI is InChI=1S/C14H21Cl2NO3S.C13H12ClNO3S.C9H11Cl2NO3S/c1-2-3-4-5-6-7-8-21(19,20)17-13-10-11(15)9-12(16)14(13)18;14-11-7-4-8-12(13(11)16)15-19(17,18)9-10-5-2-1-3-6-10;1-5(2)16(14,15)12-8-4-6(10)3-7(11)9(8)13/h9-10,17-18H,2-8H2,1H3;1-8,15-16H,9H2;3-5,12-13H,1-2H3. The fourth-order valence-corrected chi connectivity index (χ4v) is 8.68. The predicted molar refractivity (Wildman–Crippen MR) is 231 cm³/mol. The number of phenolic OH excluding ortho intramolecular Hbond substituents is 3. The van der Waals surface area contributed by atoms with Crippen molar-refractivity contribution in [2.24, 2.45) is 0 Å². The maximum absolute atomic E-state index is 12.0. The van der Waals surface area contributed by atoms with Gasteiger partial charge in [-0.25, -0.2) is 25.3 Å². The first-order valence-corrected chi connectivity index (χ1v) is 23.7. The number of hydrogen-bond acceptors (Lipinski definition) is 9. The van der Waals surface area contributed by atoms with Crippen LogP contribution in [0.25, 0.3) is 0 Å². The second-order valence-electron chi connectivity index (χ2n) is 12.4. The number of phenols is 3. The van der Waals surface area contributed by atoms with Gasteiger partial charge in [0.2, 0.25) is 30.1 Å². The van der Waals surface area contributed by atoms with Crippen molar-refractivity contribution in [3.05, 3.63) is 103 Å². The number of unbranched alkanes of at least 4 members (excludes halogenated alkanes) is 5. The third-order valence-corrected chi connectivity index (χ3v) is 13.1. The number of aromatic hydroxyl groups is 3. The molecule has 0 bridgehead atoms. The number of sulfonamides is 3. The largest absolute Gasteiger partial charge is 0.504 e. The molecule has 0 spiro atoms. The van der Waals surface area contributed by atoms with Crippen molar-refractivity contribution in [1.82, 2.24) is 0 Å². The van der Waals surface area contributed by atoms with Gasteiger partial charge >= 0.3 is 0 Å². The van der Waals surface area contributed by atoms with Crippen LogP contribution in [-0.4, -0.2) is 51.6 Å². The first kappa shape index (κ1) is 49.1. The van der Waals surface area contributed by atoms with E-state index in [4.69, 9.17) is 58.0 Å². The minimum atomic E-state index is -3.60. The second-order valence-corrected chi connectivity index (χ2v) is 20.3. The molecule has 0 unspecified atom stereocenters. The third-order valence-electron chi connectivity index (χ3n) is 7.41. The second kappa shape index (κ2) is 22.8. The van der Waals surface area contributed by atoms with Crippen LogP contribution in [0.4, 0.5) is 17.1 Å². The molecule has 310 valence electrons. The van der Waals surface area contributed by atoms with E-state index in [9.17, 15) is 40.6 Å². The van der Waals surface area contributed by atoms with E-state index in [0.29, 0.717) is 12.0 Å². The maximum atomic E-state index is 12.0. The highest BCUT2D eigenvalue weighted by Crippen LogP contribution is 2.37. The molecule has 20 heteroatoms. The molecule has 0 aliphatic carbocycles. The number of nitrogens with one attached hydrogen (secondary N) is 3. The Balaban J connectivity index is 0.000000293. The normalized spacial score (nSPS) is 11.5. The molecule has 6 N–H and O–H groups in total. The van der Waals surface area contributed by atoms with Crippen molar-refractivity contribution in [1.29, 1.82) is 0 Å². The van der Waals surface area contributed by atoms with E-state index >= 15 is 0 Å². The SMILES string of the molecule is CC(C)S(=O)(=O)Nc1cc(Cl)cc(Cl)c1O.CCCCCCCCS(=O)(=O)Nc1cc(Cl)cc(Cl)c1O.O=S(=O)(Cc1ccccc1)Nc1cccc(Cl)c1O. The summed E-state index contributed by atoms with van der Waals surface area (Å²) in [5.74, 6) is -1.08. The number of anilines is 3. The van der Waals surface area contributed by atoms with Gasteiger partial charge in [0.05, 0.1) is 48.9 Å². The predicted octanol–water partition coefficient (Wildman–Crippen LogP) is 10.6. The minimum absolute atomic E-state index is 0.00560. The number of halogens is 5. The van der Waals surface area contributed by atoms with E-state index in [0.717, 1.165) is 25.7 Å². The molecule has 0 heterocycles. The summed E-state index contributed by atoms with van der Waals surface area (Å²) < 4.78 is 77.8. The molecule has 12 nitrogen and oxygen atoms in total. The van der Waals surface area contributed by atoms with Gasteiger partial charge < -0.3 is 15.3 Å². The van der Waals surface area contributed by atoms with Crippen LogP contribution in [0.2, 0.25) is 25.1 Å². The number of hydrogen-bond donors (Lipinski definition) is 6. The molecule has 0 saturated heterocycles. The molecular formula is C36H44Cl5N3O9S3. The first-order chi connectivity index (χ1) is 26.1. The van der Waals surface area contributed by atoms with Crippen LogP contribution in [0.1, 0.15) is 64.9 Å². The van der Waals surface area contributed by atoms with Gasteiger partial charge in [-0.05, 0) is 62.2 Å². The van der Waals surface area contributed by atoms with Gasteiger partial charge in [0.1, 0.15) is 0 Å². The lowest BCUT2D eigenvalue weighted by Gasteiger charge is -2.12. The molecule has 0 saturated carbocycles. The molecule has 0 aromatic heterocycles. The lowest BCUT2D eigenvalue weighted by Crippen LogP contribution is -2.22. The van der Waals surface area contributed by atoms with E-state index in [1.165, 1.54) is 56.7 Å². The van der Waals surface area contributed by atoms with Crippen LogP contribution in [-0.2, 0) is 35.8 Å². The lowest BCUT2D eigenvalue weighted by atomic mass is 10.1. The summed E-state index contributed by atoms with van der Waals surface area (Å²) >= 11 is 28.6. The zero-order valence-corrected chi connectivity index (χ0v) is 36.8. The van der Waals surface area contributed by atoms with E-state index in [2.05, 4.69) is 21.1 Å². The Labute approximate surface area is 354 Å². The monoisotopic (exact) mass is 933 g/mol. The number of para-hydroxylation sites is 1. The quantitative estimate of drug-likeness (QED) is 0.0467. The van der Waals surface area contributed by atoms with Gasteiger partial charge in [-0.3, -0.25) is 14.2 Å². The Kier molecular flexibility index (Phi) is 20.0. The molecule has 0 aliphatic rings. The van der Waals surface area contributed by atoms with Gasteiger partial charge in [0.15, 0.2) is 17.2 Å². The van der Waals surface area contributed by atoms with Crippen molar-refractivity contribution in [2.45, 2.75) is 70.3 Å². The highest BCUT2D eigenvalue weighted by molar-refractivity contribution is 7.93. The number of benzene rings is 4. The summed E-state index contributed by atoms with van der Waals surface area (Å²) in [6, 6.07) is 18.6. The van der Waals surface area contributed by atoms with E-state index in [-0.39, 0.29) is 70.9 Å². The van der Waals surface area contributed by atoms with Crippen molar-refractivity contribution < 1.29 is 40.6 Å². The third kappa shape index (κ3) is 17.2. The molecule has 4 aromatic rings. The summed E-state index contributed by atoms with van der Waals surface area (Å²) in [5.41, 5.74) is 0.727. The Hall–Kier alpha value is -3.02. The molecule has 56 heavy (non-hydrogen) atoms. The summed E-state index contributed by atoms with van der Waals surface area (Å²) in [6.07, 6.45) is 5.98. The molecule has 0 amide bonds. The Morgan fingerprint density at radius 1 is 0.554 bits per heavy atom. The minimum Gasteiger partial charge on any atom is -0.504 e. The van der Waals surface area contributed by atoms with Crippen molar-refractivity contribution >= 4 is 105 Å². The smallest absolute Gasteiger partial charge is 0.237 e. The van der Waals surface area contributed by atoms with Crippen LogP contribution in [0.3, 0.4) is 0 Å². The lowest BCUT2D eigenvalue weighted by molar-refractivity contribution is 0.477. The van der Waals surface area contributed by atoms with Crippen LogP contribution in [0.5, 0.6) is 17.2 Å². The fraction of sp³-hybridized carbons (Fsp3) is 0.333. The zero-order valence-electron chi connectivity index (χ0n) is 30.6. The molecular weight excluding hydrogens is 892 g/mol. The summed E-state index contributed by atoms with van der Waals surface area (Å²) in [6.45, 7) is 5.17. The van der Waals surface area contributed by atoms with Crippen molar-refractivity contribution in [3.8, 4) is 17.2 Å². The van der Waals surface area contributed by atoms with Gasteiger partial charge in [-0.1, -0.05) is 133 Å². The summed E-state index contributed by atoms with van der Waals surface area (Å²) in [5, 5.41) is 28.9. The average molecular weight is 936 g/mol. The molecule has 0 fully saturated rings. The van der Waals surface area contributed by atoms with Gasteiger partial charge in [-0.15, -0.1) is 0 Å². The van der Waals surface area contributed by atoms with E-state index < -0.39 is 35.3 Å². The molecule has 4 aromatic carbocycles. The first-order valence-electron chi connectivity index (χ1n) is 17.0. The van der Waals surface area contributed by atoms with E-state index in [1.807, 2.05) is 6.07 Å². The number of rotatable bonds is 16. The van der Waals surface area contributed by atoms with Crippen molar-refractivity contribution in [3.63, 3.8) is 0 Å². The van der Waals surface area contributed by atoms with Crippen LogP contribution >= 0.6 is 58.0 Å². The Bertz CT molecular complexity index is 2230. The Morgan fingerprint density at radius 3 is 1.57 bits per heavy atom. The van der Waals surface area contributed by atoms with Gasteiger partial charge in [0.25, 0.3) is 0 Å². The van der Waals surface area contributed by atoms with Crippen LogP contribution in [0.15, 0.2) is 72.8 Å². The summed E-state index contributed by atoms with van der Waals surface area (Å²) in [4.78, 5) is 0. The van der Waals surface area contributed by atoms with E-state index in [1.54, 1.807) is 30.3 Å². The van der Waals surface area contributed by atoms with Crippen LogP contribution < -0.4 is 14.2 Å². The fourth-order valence-electron chi connectivity index (χ4n) is 4.44. The zero-order chi connectivity index (χ0) is 42.3. The topological polar surface area (TPSA) is 199 Å².